The molecule has 0 unspecified atom stereocenters. The highest BCUT2D eigenvalue weighted by atomic mass is 32.1. The van der Waals surface area contributed by atoms with E-state index in [4.69, 9.17) is 5.11 Å². The van der Waals surface area contributed by atoms with Gasteiger partial charge in [-0.25, -0.2) is 4.79 Å². The molecular formula is C9H10O3S. The number of hydrogen-bond acceptors (Lipinski definition) is 3. The molecule has 0 aliphatic rings. The van der Waals surface area contributed by atoms with Gasteiger partial charge in [0, 0.05) is 6.42 Å². The molecule has 0 spiro atoms. The fourth-order valence-corrected chi connectivity index (χ4v) is 1.77. The molecule has 0 amide bonds. The minimum Gasteiger partial charge on any atom is -0.477 e. The highest BCUT2D eigenvalue weighted by Crippen LogP contribution is 2.18. The normalized spacial score (nSPS) is 9.92. The summed E-state index contributed by atoms with van der Waals surface area (Å²) in [6.45, 7) is 1.92. The number of Topliss-reactive ketones (excluding diaryl/α,β-unsaturated/α-hetero) is 1. The van der Waals surface area contributed by atoms with Gasteiger partial charge in [-0.15, -0.1) is 11.3 Å². The molecule has 1 N–H and O–H groups in total. The summed E-state index contributed by atoms with van der Waals surface area (Å²) in [5.74, 6) is -0.944. The van der Waals surface area contributed by atoms with Crippen LogP contribution >= 0.6 is 11.3 Å². The average Bonchev–Trinajstić information content (AvgIpc) is 2.52. The molecule has 1 rings (SSSR count). The summed E-state index contributed by atoms with van der Waals surface area (Å²) in [7, 11) is 0. The van der Waals surface area contributed by atoms with Crippen molar-refractivity contribution in [2.75, 3.05) is 0 Å². The molecular weight excluding hydrogens is 188 g/mol. The third-order valence-corrected chi connectivity index (χ3v) is 2.68. The van der Waals surface area contributed by atoms with Crippen LogP contribution in [0.4, 0.5) is 0 Å². The first-order valence-corrected chi connectivity index (χ1v) is 4.83. The van der Waals surface area contributed by atoms with Gasteiger partial charge in [0.05, 0.1) is 4.88 Å². The van der Waals surface area contributed by atoms with Crippen molar-refractivity contribution in [1.29, 1.82) is 0 Å². The fourth-order valence-electron chi connectivity index (χ4n) is 0.953. The minimum absolute atomic E-state index is 0.0278. The summed E-state index contributed by atoms with van der Waals surface area (Å²) in [6, 6.07) is 3.04. The molecule has 0 radical (unpaired) electrons. The number of carbonyl (C=O) groups excluding carboxylic acids is 1. The largest absolute Gasteiger partial charge is 0.477 e. The van der Waals surface area contributed by atoms with E-state index in [0.717, 1.165) is 17.8 Å². The smallest absolute Gasteiger partial charge is 0.345 e. The van der Waals surface area contributed by atoms with Gasteiger partial charge in [0.1, 0.15) is 4.88 Å². The van der Waals surface area contributed by atoms with Crippen molar-refractivity contribution < 1.29 is 14.7 Å². The summed E-state index contributed by atoms with van der Waals surface area (Å²) in [5.41, 5.74) is 0. The van der Waals surface area contributed by atoms with Crippen molar-refractivity contribution in [1.82, 2.24) is 0 Å². The lowest BCUT2D eigenvalue weighted by Gasteiger charge is -1.91. The van der Waals surface area contributed by atoms with E-state index in [2.05, 4.69) is 0 Å². The van der Waals surface area contributed by atoms with Gasteiger partial charge >= 0.3 is 5.97 Å². The number of carboxylic acid groups (broad SMARTS) is 1. The van der Waals surface area contributed by atoms with E-state index in [1.807, 2.05) is 6.92 Å². The van der Waals surface area contributed by atoms with Gasteiger partial charge in [-0.05, 0) is 18.6 Å². The first kappa shape index (κ1) is 9.92. The van der Waals surface area contributed by atoms with Crippen LogP contribution in [-0.2, 0) is 0 Å². The number of carboxylic acids is 1. The minimum atomic E-state index is -0.972. The molecule has 0 aromatic carbocycles. The Kier molecular flexibility index (Phi) is 3.19. The van der Waals surface area contributed by atoms with Crippen LogP contribution in [-0.4, -0.2) is 16.9 Å². The maximum atomic E-state index is 11.3. The topological polar surface area (TPSA) is 54.4 Å². The molecule has 0 fully saturated rings. The number of aromatic carboxylic acids is 1. The van der Waals surface area contributed by atoms with Crippen LogP contribution < -0.4 is 0 Å². The predicted octanol–water partition coefficient (Wildman–Crippen LogP) is 2.43. The number of carbonyl (C=O) groups is 2. The molecule has 0 aliphatic heterocycles. The predicted molar refractivity (Wildman–Crippen MR) is 50.5 cm³/mol. The number of rotatable bonds is 4. The SMILES string of the molecule is CCCC(=O)c1ccc(C(=O)O)s1. The van der Waals surface area contributed by atoms with Crippen molar-refractivity contribution in [2.24, 2.45) is 0 Å². The van der Waals surface area contributed by atoms with Crippen LogP contribution in [0.3, 0.4) is 0 Å². The second-order valence-corrected chi connectivity index (χ2v) is 3.73. The van der Waals surface area contributed by atoms with Gasteiger partial charge in [-0.2, -0.15) is 0 Å². The summed E-state index contributed by atoms with van der Waals surface area (Å²) in [6.07, 6.45) is 1.28. The Morgan fingerprint density at radius 2 is 2.00 bits per heavy atom. The number of thiophene rings is 1. The van der Waals surface area contributed by atoms with Crippen molar-refractivity contribution in [3.05, 3.63) is 21.9 Å². The van der Waals surface area contributed by atoms with E-state index in [9.17, 15) is 9.59 Å². The number of ketones is 1. The highest BCUT2D eigenvalue weighted by Gasteiger charge is 2.11. The first-order valence-electron chi connectivity index (χ1n) is 4.01. The van der Waals surface area contributed by atoms with E-state index >= 15 is 0 Å². The Hall–Kier alpha value is -1.16. The highest BCUT2D eigenvalue weighted by molar-refractivity contribution is 7.15. The van der Waals surface area contributed by atoms with Crippen LogP contribution in [0.1, 0.15) is 39.1 Å². The third-order valence-electron chi connectivity index (χ3n) is 1.57. The van der Waals surface area contributed by atoms with E-state index in [1.54, 1.807) is 6.07 Å². The van der Waals surface area contributed by atoms with Gasteiger partial charge in [0.15, 0.2) is 5.78 Å². The Morgan fingerprint density at radius 1 is 1.38 bits per heavy atom. The van der Waals surface area contributed by atoms with E-state index in [-0.39, 0.29) is 10.7 Å². The molecule has 1 heterocycles. The average molecular weight is 198 g/mol. The van der Waals surface area contributed by atoms with Crippen LogP contribution in [0, 0.1) is 0 Å². The maximum absolute atomic E-state index is 11.3. The van der Waals surface area contributed by atoms with Gasteiger partial charge in [-0.3, -0.25) is 4.79 Å². The van der Waals surface area contributed by atoms with Crippen LogP contribution in [0.5, 0.6) is 0 Å². The third kappa shape index (κ3) is 2.39. The monoisotopic (exact) mass is 198 g/mol. The Labute approximate surface area is 80.0 Å². The van der Waals surface area contributed by atoms with Crippen molar-refractivity contribution in [3.8, 4) is 0 Å². The van der Waals surface area contributed by atoms with Crippen LogP contribution in [0.2, 0.25) is 0 Å². The molecule has 0 saturated carbocycles. The van der Waals surface area contributed by atoms with Crippen molar-refractivity contribution >= 4 is 23.1 Å². The zero-order valence-electron chi connectivity index (χ0n) is 7.24. The van der Waals surface area contributed by atoms with Crippen molar-refractivity contribution in [2.45, 2.75) is 19.8 Å². The lowest BCUT2D eigenvalue weighted by atomic mass is 10.2. The Balaban J connectivity index is 2.79. The van der Waals surface area contributed by atoms with Crippen LogP contribution in [0.25, 0.3) is 0 Å². The fraction of sp³-hybridized carbons (Fsp3) is 0.333. The molecule has 0 aliphatic carbocycles. The Bertz CT molecular complexity index is 327. The molecule has 0 saturated heterocycles. The van der Waals surface area contributed by atoms with Gasteiger partial charge < -0.3 is 5.11 Å². The van der Waals surface area contributed by atoms with Gasteiger partial charge in [0.2, 0.25) is 0 Å². The van der Waals surface area contributed by atoms with Crippen LogP contribution in [0.15, 0.2) is 12.1 Å². The lowest BCUT2D eigenvalue weighted by Crippen LogP contribution is -1.94. The first-order chi connectivity index (χ1) is 6.15. The summed E-state index contributed by atoms with van der Waals surface area (Å²) >= 11 is 1.04. The maximum Gasteiger partial charge on any atom is 0.345 e. The molecule has 70 valence electrons. The zero-order valence-corrected chi connectivity index (χ0v) is 8.06. The Morgan fingerprint density at radius 3 is 2.46 bits per heavy atom. The zero-order chi connectivity index (χ0) is 9.84. The second-order valence-electron chi connectivity index (χ2n) is 2.64. The van der Waals surface area contributed by atoms with E-state index in [1.165, 1.54) is 6.07 Å². The van der Waals surface area contributed by atoms with E-state index in [0.29, 0.717) is 11.3 Å². The summed E-state index contributed by atoms with van der Waals surface area (Å²) in [5, 5.41) is 8.61. The van der Waals surface area contributed by atoms with Crippen molar-refractivity contribution in [3.63, 3.8) is 0 Å². The second kappa shape index (κ2) is 4.18. The standard InChI is InChI=1S/C9H10O3S/c1-2-3-6(10)7-4-5-8(13-7)9(11)12/h4-5H,2-3H2,1H3,(H,11,12). The van der Waals surface area contributed by atoms with E-state index < -0.39 is 5.97 Å². The molecule has 1 aromatic rings. The van der Waals surface area contributed by atoms with Gasteiger partial charge in [0.25, 0.3) is 0 Å². The molecule has 0 bridgehead atoms. The molecule has 0 atom stereocenters. The quantitative estimate of drug-likeness (QED) is 0.756. The number of hydrogen-bond donors (Lipinski definition) is 1. The molecule has 3 nitrogen and oxygen atoms in total. The molecule has 13 heavy (non-hydrogen) atoms. The van der Waals surface area contributed by atoms with Gasteiger partial charge in [-0.1, -0.05) is 6.92 Å². The molecule has 1 aromatic heterocycles. The summed E-state index contributed by atoms with van der Waals surface area (Å²) in [4.78, 5) is 22.6. The summed E-state index contributed by atoms with van der Waals surface area (Å²) < 4.78 is 0. The molecule has 4 heteroatoms. The lowest BCUT2D eigenvalue weighted by molar-refractivity contribution is 0.0702.